The van der Waals surface area contributed by atoms with Crippen LogP contribution in [-0.4, -0.2) is 20.8 Å². The van der Waals surface area contributed by atoms with Gasteiger partial charge in [0.2, 0.25) is 0 Å². The van der Waals surface area contributed by atoms with Crippen molar-refractivity contribution in [1.29, 1.82) is 0 Å². The van der Waals surface area contributed by atoms with E-state index < -0.39 is 21.6 Å². The number of rotatable bonds is 3. The summed E-state index contributed by atoms with van der Waals surface area (Å²) in [6, 6.07) is 1.21. The summed E-state index contributed by atoms with van der Waals surface area (Å²) < 4.78 is 60.5. The molecule has 7 heteroatoms. The maximum atomic E-state index is 12.7. The normalized spacial score (nSPS) is 13.7. The topological polar surface area (TPSA) is 34.1 Å². The molecule has 0 amide bonds. The molecule has 0 aromatic carbocycles. The zero-order valence-electron chi connectivity index (χ0n) is 9.71. The molecule has 1 aromatic rings. The Labute approximate surface area is 107 Å². The van der Waals surface area contributed by atoms with Crippen LogP contribution in [0.25, 0.3) is 5.57 Å². The quantitative estimate of drug-likeness (QED) is 0.797. The highest BCUT2D eigenvalue weighted by atomic mass is 32.2. The molecule has 18 heavy (non-hydrogen) atoms. The molecule has 0 fully saturated rings. The summed E-state index contributed by atoms with van der Waals surface area (Å²) in [4.78, 5) is 0.196. The van der Waals surface area contributed by atoms with E-state index in [9.17, 15) is 21.6 Å². The Hall–Kier alpha value is -1.08. The van der Waals surface area contributed by atoms with Crippen molar-refractivity contribution in [2.45, 2.75) is 18.0 Å². The third-order valence-corrected chi connectivity index (χ3v) is 4.45. The summed E-state index contributed by atoms with van der Waals surface area (Å²) in [5, 5.41) is 1.31. The van der Waals surface area contributed by atoms with Crippen molar-refractivity contribution in [2.75, 3.05) is 6.26 Å². The summed E-state index contributed by atoms with van der Waals surface area (Å²) in [6.45, 7) is 4.65. The summed E-state index contributed by atoms with van der Waals surface area (Å²) in [5.41, 5.74) is -1.07. The fraction of sp³-hybridized carbons (Fsp3) is 0.273. The molecule has 100 valence electrons. The largest absolute Gasteiger partial charge is 0.416 e. The second-order valence-corrected chi connectivity index (χ2v) is 6.52. The number of sulfone groups is 1. The van der Waals surface area contributed by atoms with Crippen LogP contribution in [0, 0.1) is 0 Å². The standard InChI is InChI=1S/C11H11F3O2S2/c1-4-9(11(12,13)14)7(2)10-5-8(6-17-10)18(3,15)16/h4-6H,2H2,1,3H3/b9-4+. The van der Waals surface area contributed by atoms with Gasteiger partial charge in [0, 0.05) is 16.5 Å². The highest BCUT2D eigenvalue weighted by Crippen LogP contribution is 2.37. The first kappa shape index (κ1) is 15.0. The lowest BCUT2D eigenvalue weighted by atomic mass is 10.1. The number of halogens is 3. The van der Waals surface area contributed by atoms with E-state index in [2.05, 4.69) is 6.58 Å². The molecule has 1 rings (SSSR count). The molecule has 0 spiro atoms. The molecule has 0 atom stereocenters. The van der Waals surface area contributed by atoms with Crippen molar-refractivity contribution >= 4 is 26.7 Å². The molecule has 0 radical (unpaired) electrons. The van der Waals surface area contributed by atoms with E-state index in [-0.39, 0.29) is 15.3 Å². The Morgan fingerprint density at radius 1 is 1.44 bits per heavy atom. The average Bonchev–Trinajstić information content (AvgIpc) is 2.63. The Morgan fingerprint density at radius 2 is 2.00 bits per heavy atom. The molecule has 0 aliphatic carbocycles. The molecule has 0 saturated carbocycles. The molecule has 2 nitrogen and oxygen atoms in total. The van der Waals surface area contributed by atoms with Crippen molar-refractivity contribution in [3.05, 3.63) is 34.6 Å². The SMILES string of the molecule is C=C(/C(=C\C)C(F)(F)F)c1cc(S(C)(=O)=O)cs1. The zero-order valence-corrected chi connectivity index (χ0v) is 11.3. The van der Waals surface area contributed by atoms with Gasteiger partial charge in [-0.3, -0.25) is 0 Å². The molecule has 0 N–H and O–H groups in total. The van der Waals surface area contributed by atoms with Crippen LogP contribution in [0.1, 0.15) is 11.8 Å². The van der Waals surface area contributed by atoms with E-state index in [1.807, 2.05) is 0 Å². The van der Waals surface area contributed by atoms with Crippen LogP contribution >= 0.6 is 11.3 Å². The predicted octanol–water partition coefficient (Wildman–Crippen LogP) is 3.67. The summed E-state index contributed by atoms with van der Waals surface area (Å²) >= 11 is 0.925. The fourth-order valence-corrected chi connectivity index (χ4v) is 3.32. The van der Waals surface area contributed by atoms with Crippen LogP contribution in [0.3, 0.4) is 0 Å². The van der Waals surface area contributed by atoms with Crippen LogP contribution in [-0.2, 0) is 9.84 Å². The Bertz CT molecular complexity index is 592. The first-order chi connectivity index (χ1) is 8.07. The van der Waals surface area contributed by atoms with Gasteiger partial charge in [-0.2, -0.15) is 13.2 Å². The maximum absolute atomic E-state index is 12.7. The van der Waals surface area contributed by atoms with Gasteiger partial charge in [0.15, 0.2) is 9.84 Å². The van der Waals surface area contributed by atoms with Crippen LogP contribution in [0.5, 0.6) is 0 Å². The highest BCUT2D eigenvalue weighted by Gasteiger charge is 2.35. The second-order valence-electron chi connectivity index (χ2n) is 3.60. The number of allylic oxidation sites excluding steroid dienone is 3. The monoisotopic (exact) mass is 296 g/mol. The Morgan fingerprint density at radius 3 is 2.33 bits per heavy atom. The lowest BCUT2D eigenvalue weighted by Gasteiger charge is -2.12. The van der Waals surface area contributed by atoms with Gasteiger partial charge in [-0.1, -0.05) is 12.7 Å². The van der Waals surface area contributed by atoms with Gasteiger partial charge >= 0.3 is 6.18 Å². The molecule has 0 bridgehead atoms. The maximum Gasteiger partial charge on any atom is 0.416 e. The molecule has 1 heterocycles. The Kier molecular flexibility index (Phi) is 4.07. The summed E-state index contributed by atoms with van der Waals surface area (Å²) in [6.07, 6.45) is -2.58. The number of hydrogen-bond donors (Lipinski definition) is 0. The highest BCUT2D eigenvalue weighted by molar-refractivity contribution is 7.90. The minimum absolute atomic E-state index is 0.00118. The first-order valence-electron chi connectivity index (χ1n) is 4.79. The van der Waals surface area contributed by atoms with Crippen LogP contribution in [0.2, 0.25) is 0 Å². The molecule has 0 aliphatic heterocycles. The van der Waals surface area contributed by atoms with Crippen molar-refractivity contribution in [3.63, 3.8) is 0 Å². The zero-order chi connectivity index (χ0) is 14.1. The molecule has 0 saturated heterocycles. The lowest BCUT2D eigenvalue weighted by molar-refractivity contribution is -0.0871. The van der Waals surface area contributed by atoms with Gasteiger partial charge in [0.05, 0.1) is 10.5 Å². The molecule has 0 aliphatic rings. The van der Waals surface area contributed by atoms with Gasteiger partial charge in [-0.25, -0.2) is 8.42 Å². The first-order valence-corrected chi connectivity index (χ1v) is 7.56. The van der Waals surface area contributed by atoms with Crippen LogP contribution < -0.4 is 0 Å². The summed E-state index contributed by atoms with van der Waals surface area (Å²) in [7, 11) is -3.41. The van der Waals surface area contributed by atoms with E-state index in [4.69, 9.17) is 0 Å². The minimum Gasteiger partial charge on any atom is -0.224 e. The van der Waals surface area contributed by atoms with Gasteiger partial charge in [-0.15, -0.1) is 11.3 Å². The van der Waals surface area contributed by atoms with Crippen LogP contribution in [0.15, 0.2) is 34.6 Å². The van der Waals surface area contributed by atoms with Gasteiger partial charge in [-0.05, 0) is 18.6 Å². The van der Waals surface area contributed by atoms with E-state index in [1.54, 1.807) is 0 Å². The van der Waals surface area contributed by atoms with E-state index in [0.717, 1.165) is 23.7 Å². The van der Waals surface area contributed by atoms with E-state index >= 15 is 0 Å². The second kappa shape index (κ2) is 4.89. The minimum atomic E-state index is -4.50. The number of hydrogen-bond acceptors (Lipinski definition) is 3. The predicted molar refractivity (Wildman–Crippen MR) is 66.3 cm³/mol. The molecule has 1 aromatic heterocycles. The number of alkyl halides is 3. The van der Waals surface area contributed by atoms with E-state index in [0.29, 0.717) is 0 Å². The summed E-state index contributed by atoms with van der Waals surface area (Å²) in [5.74, 6) is 0. The van der Waals surface area contributed by atoms with E-state index in [1.165, 1.54) is 18.4 Å². The van der Waals surface area contributed by atoms with Gasteiger partial charge < -0.3 is 0 Å². The van der Waals surface area contributed by atoms with Gasteiger partial charge in [0.1, 0.15) is 0 Å². The Balaban J connectivity index is 3.17. The number of thiophene rings is 1. The third-order valence-electron chi connectivity index (χ3n) is 2.22. The van der Waals surface area contributed by atoms with Crippen molar-refractivity contribution in [1.82, 2.24) is 0 Å². The molecular weight excluding hydrogens is 285 g/mol. The smallest absolute Gasteiger partial charge is 0.224 e. The van der Waals surface area contributed by atoms with Crippen LogP contribution in [0.4, 0.5) is 13.2 Å². The molecule has 0 unspecified atom stereocenters. The van der Waals surface area contributed by atoms with Gasteiger partial charge in [0.25, 0.3) is 0 Å². The average molecular weight is 296 g/mol. The van der Waals surface area contributed by atoms with Crippen molar-refractivity contribution in [2.24, 2.45) is 0 Å². The fourth-order valence-electron chi connectivity index (χ4n) is 1.31. The van der Waals surface area contributed by atoms with Crippen molar-refractivity contribution < 1.29 is 21.6 Å². The van der Waals surface area contributed by atoms with Crippen molar-refractivity contribution in [3.8, 4) is 0 Å². The molecular formula is C11H11F3O2S2. The lowest BCUT2D eigenvalue weighted by Crippen LogP contribution is -2.12. The third kappa shape index (κ3) is 3.23.